The quantitative estimate of drug-likeness (QED) is 0.845. The minimum absolute atomic E-state index is 0.124. The van der Waals surface area contributed by atoms with E-state index < -0.39 is 0 Å². The van der Waals surface area contributed by atoms with Crippen molar-refractivity contribution in [3.63, 3.8) is 0 Å². The van der Waals surface area contributed by atoms with Crippen LogP contribution in [0.3, 0.4) is 0 Å². The summed E-state index contributed by atoms with van der Waals surface area (Å²) >= 11 is 0. The average molecular weight is 255 g/mol. The molecule has 1 aromatic heterocycles. The van der Waals surface area contributed by atoms with Gasteiger partial charge in [-0.1, -0.05) is 6.07 Å². The van der Waals surface area contributed by atoms with Gasteiger partial charge in [0.25, 0.3) is 0 Å². The molecule has 4 heteroatoms. The van der Waals surface area contributed by atoms with E-state index >= 15 is 0 Å². The van der Waals surface area contributed by atoms with Gasteiger partial charge in [0, 0.05) is 6.92 Å². The molecule has 4 nitrogen and oxygen atoms in total. The lowest BCUT2D eigenvalue weighted by Crippen LogP contribution is -2.27. The molecule has 0 amide bonds. The van der Waals surface area contributed by atoms with Gasteiger partial charge < -0.3 is 9.32 Å². The van der Waals surface area contributed by atoms with Crippen LogP contribution < -0.4 is 0 Å². The lowest BCUT2D eigenvalue weighted by atomic mass is 9.90. The van der Waals surface area contributed by atoms with Crippen LogP contribution in [0.1, 0.15) is 30.3 Å². The number of fused-ring (bicyclic) bond motifs is 1. The lowest BCUT2D eigenvalue weighted by Gasteiger charge is -2.28. The summed E-state index contributed by atoms with van der Waals surface area (Å²) in [6, 6.07) is 8.68. The maximum Gasteiger partial charge on any atom is 0.192 e. The van der Waals surface area contributed by atoms with E-state index in [0.717, 1.165) is 29.5 Å². The van der Waals surface area contributed by atoms with Gasteiger partial charge >= 0.3 is 0 Å². The Kier molecular flexibility index (Phi) is 2.61. The minimum atomic E-state index is -0.226. The lowest BCUT2D eigenvalue weighted by molar-refractivity contribution is 0.232. The Morgan fingerprint density at radius 1 is 1.42 bits per heavy atom. The third-order valence-electron chi connectivity index (χ3n) is 3.89. The second-order valence-electron chi connectivity index (χ2n) is 5.59. The van der Waals surface area contributed by atoms with Crippen molar-refractivity contribution >= 4 is 11.1 Å². The second kappa shape index (κ2) is 4.07. The summed E-state index contributed by atoms with van der Waals surface area (Å²) in [4.78, 5) is 6.51. The van der Waals surface area contributed by atoms with Crippen LogP contribution in [0.5, 0.6) is 0 Å². The summed E-state index contributed by atoms with van der Waals surface area (Å²) in [7, 11) is 4.06. The Hall–Kier alpha value is -1.86. The van der Waals surface area contributed by atoms with E-state index in [1.807, 2.05) is 33.2 Å². The molecule has 0 radical (unpaired) electrons. The fourth-order valence-electron chi connectivity index (χ4n) is 2.92. The van der Waals surface area contributed by atoms with E-state index in [9.17, 15) is 5.26 Å². The first-order valence-corrected chi connectivity index (χ1v) is 6.50. The van der Waals surface area contributed by atoms with Gasteiger partial charge in [0.15, 0.2) is 11.5 Å². The van der Waals surface area contributed by atoms with Crippen molar-refractivity contribution in [3.05, 3.63) is 29.7 Å². The van der Waals surface area contributed by atoms with Gasteiger partial charge in [0.1, 0.15) is 5.52 Å². The highest BCUT2D eigenvalue weighted by atomic mass is 16.3. The fraction of sp³-hybridized carbons (Fsp3) is 0.467. The maximum absolute atomic E-state index is 9.44. The van der Waals surface area contributed by atoms with Crippen molar-refractivity contribution in [2.24, 2.45) is 5.41 Å². The van der Waals surface area contributed by atoms with Gasteiger partial charge in [0.05, 0.1) is 17.5 Å². The summed E-state index contributed by atoms with van der Waals surface area (Å²) in [5, 5.41) is 9.44. The van der Waals surface area contributed by atoms with Crippen LogP contribution in [-0.2, 0) is 0 Å². The van der Waals surface area contributed by atoms with Crippen molar-refractivity contribution in [1.29, 1.82) is 5.26 Å². The molecule has 98 valence electrons. The number of aryl methyl sites for hydroxylation is 1. The number of benzene rings is 1. The number of oxazole rings is 1. The van der Waals surface area contributed by atoms with E-state index in [2.05, 4.69) is 22.0 Å². The maximum atomic E-state index is 9.44. The second-order valence-corrected chi connectivity index (χ2v) is 5.59. The number of hydrogen-bond acceptors (Lipinski definition) is 4. The highest BCUT2D eigenvalue weighted by molar-refractivity contribution is 5.73. The predicted molar refractivity (Wildman–Crippen MR) is 72.5 cm³/mol. The first-order valence-electron chi connectivity index (χ1n) is 6.50. The molecule has 1 unspecified atom stereocenters. The number of rotatable bonds is 3. The molecular weight excluding hydrogens is 238 g/mol. The van der Waals surface area contributed by atoms with E-state index in [1.165, 1.54) is 0 Å². The number of aromatic nitrogens is 1. The first-order chi connectivity index (χ1) is 9.05. The SMILES string of the molecule is Cc1nc2cc(C(N(C)C)C3(C#N)CC3)ccc2o1. The molecule has 0 aliphatic heterocycles. The molecule has 1 fully saturated rings. The topological polar surface area (TPSA) is 53.1 Å². The highest BCUT2D eigenvalue weighted by Gasteiger charge is 2.51. The standard InChI is InChI=1S/C15H17N3O/c1-10-17-12-8-11(4-5-13(12)19-10)14(18(2)3)15(9-16)6-7-15/h4-5,8,14H,6-7H2,1-3H3. The van der Waals surface area contributed by atoms with E-state index in [0.29, 0.717) is 5.89 Å². The van der Waals surface area contributed by atoms with Crippen LogP contribution in [-0.4, -0.2) is 24.0 Å². The molecule has 0 bridgehead atoms. The first kappa shape index (κ1) is 12.2. The molecule has 0 N–H and O–H groups in total. The summed E-state index contributed by atoms with van der Waals surface area (Å²) in [6.45, 7) is 1.85. The number of nitriles is 1. The minimum Gasteiger partial charge on any atom is -0.441 e. The normalized spacial score (nSPS) is 18.5. The molecule has 3 rings (SSSR count). The predicted octanol–water partition coefficient (Wildman–Crippen LogP) is 3.04. The van der Waals surface area contributed by atoms with Crippen molar-refractivity contribution in [2.75, 3.05) is 14.1 Å². The van der Waals surface area contributed by atoms with Gasteiger partial charge in [-0.2, -0.15) is 5.26 Å². The van der Waals surface area contributed by atoms with Gasteiger partial charge in [-0.15, -0.1) is 0 Å². The van der Waals surface area contributed by atoms with Crippen LogP contribution in [0, 0.1) is 23.7 Å². The van der Waals surface area contributed by atoms with Crippen molar-refractivity contribution in [2.45, 2.75) is 25.8 Å². The largest absolute Gasteiger partial charge is 0.441 e. The molecule has 0 saturated heterocycles. The Morgan fingerprint density at radius 3 is 2.74 bits per heavy atom. The molecule has 1 aromatic carbocycles. The zero-order valence-corrected chi connectivity index (χ0v) is 11.5. The van der Waals surface area contributed by atoms with E-state index in [1.54, 1.807) is 0 Å². The van der Waals surface area contributed by atoms with Crippen molar-refractivity contribution < 1.29 is 4.42 Å². The average Bonchev–Trinajstić information content (AvgIpc) is 3.04. The van der Waals surface area contributed by atoms with E-state index in [-0.39, 0.29) is 11.5 Å². The van der Waals surface area contributed by atoms with Crippen LogP contribution in [0.4, 0.5) is 0 Å². The monoisotopic (exact) mass is 255 g/mol. The molecular formula is C15H17N3O. The van der Waals surface area contributed by atoms with E-state index in [4.69, 9.17) is 4.42 Å². The Balaban J connectivity index is 2.08. The van der Waals surface area contributed by atoms with Crippen LogP contribution in [0.25, 0.3) is 11.1 Å². The smallest absolute Gasteiger partial charge is 0.192 e. The van der Waals surface area contributed by atoms with Crippen molar-refractivity contribution in [3.8, 4) is 6.07 Å². The van der Waals surface area contributed by atoms with Crippen LogP contribution in [0.2, 0.25) is 0 Å². The molecule has 1 aliphatic carbocycles. The molecule has 0 spiro atoms. The third-order valence-corrected chi connectivity index (χ3v) is 3.89. The molecule has 1 heterocycles. The number of hydrogen-bond donors (Lipinski definition) is 0. The van der Waals surface area contributed by atoms with Crippen molar-refractivity contribution in [1.82, 2.24) is 9.88 Å². The van der Waals surface area contributed by atoms with Crippen LogP contribution in [0.15, 0.2) is 22.6 Å². The summed E-state index contributed by atoms with van der Waals surface area (Å²) in [5.74, 6) is 0.676. The zero-order chi connectivity index (χ0) is 13.6. The third kappa shape index (κ3) is 1.91. The number of nitrogens with zero attached hydrogens (tertiary/aromatic N) is 3. The molecule has 1 atom stereocenters. The molecule has 2 aromatic rings. The van der Waals surface area contributed by atoms with Gasteiger partial charge in [-0.3, -0.25) is 0 Å². The Labute approximate surface area is 112 Å². The summed E-state index contributed by atoms with van der Waals surface area (Å²) in [6.07, 6.45) is 1.95. The highest BCUT2D eigenvalue weighted by Crippen LogP contribution is 2.56. The summed E-state index contributed by atoms with van der Waals surface area (Å²) < 4.78 is 5.50. The summed E-state index contributed by atoms with van der Waals surface area (Å²) in [5.41, 5.74) is 2.59. The van der Waals surface area contributed by atoms with Gasteiger partial charge in [-0.25, -0.2) is 4.98 Å². The molecule has 1 saturated carbocycles. The van der Waals surface area contributed by atoms with Gasteiger partial charge in [-0.05, 0) is 44.6 Å². The fourth-order valence-corrected chi connectivity index (χ4v) is 2.92. The zero-order valence-electron chi connectivity index (χ0n) is 11.5. The molecule has 1 aliphatic rings. The Bertz CT molecular complexity index is 662. The van der Waals surface area contributed by atoms with Gasteiger partial charge in [0.2, 0.25) is 0 Å². The molecule has 19 heavy (non-hydrogen) atoms. The Morgan fingerprint density at radius 2 is 2.16 bits per heavy atom. The van der Waals surface area contributed by atoms with Crippen LogP contribution >= 0.6 is 0 Å².